The number of pyridine rings is 1. The molecular weight excluding hydrogens is 665 g/mol. The predicted octanol–water partition coefficient (Wildman–Crippen LogP) is 7.15. The van der Waals surface area contributed by atoms with Gasteiger partial charge in [0.1, 0.15) is 11.5 Å². The van der Waals surface area contributed by atoms with Crippen molar-refractivity contribution in [2.24, 2.45) is 0 Å². The average molecular weight is 687 g/mol. The van der Waals surface area contributed by atoms with Crippen LogP contribution in [0.15, 0.2) is 128 Å². The van der Waals surface area contributed by atoms with Gasteiger partial charge in [-0.15, -0.1) is 35.9 Å². The molecule has 6 aromatic rings. The van der Waals surface area contributed by atoms with Crippen molar-refractivity contribution >= 4 is 0 Å². The monoisotopic (exact) mass is 686 g/mol. The van der Waals surface area contributed by atoms with E-state index < -0.39 is 5.41 Å². The third-order valence-corrected chi connectivity index (χ3v) is 6.75. The second kappa shape index (κ2) is 10.4. The van der Waals surface area contributed by atoms with Crippen LogP contribution in [0.1, 0.15) is 22.4 Å². The van der Waals surface area contributed by atoms with Gasteiger partial charge in [-0.1, -0.05) is 42.5 Å². The Labute approximate surface area is 241 Å². The molecule has 3 heterocycles. The Hall–Kier alpha value is -4.47. The molecule has 0 aliphatic carbocycles. The molecule has 0 atom stereocenters. The van der Waals surface area contributed by atoms with E-state index >= 15 is 0 Å². The van der Waals surface area contributed by atoms with Crippen molar-refractivity contribution < 1.29 is 30.5 Å². The standard InChI is InChI=1S/C33H21N3O2.Pt/c1-3-16-30-28(14-1)33(32-18-5-6-19-34-32,29-15-2-4-17-31(29)38-30)24-10-7-12-26(22-24)37-27-13-8-11-25(23-27)36-21-9-20-35-36;/h1-21H;/q-2;+2. The van der Waals surface area contributed by atoms with E-state index in [1.165, 1.54) is 0 Å². The molecule has 0 spiro atoms. The Kier molecular flexibility index (Phi) is 6.60. The van der Waals surface area contributed by atoms with Crippen LogP contribution in [-0.2, 0) is 26.5 Å². The van der Waals surface area contributed by atoms with Gasteiger partial charge in [0.2, 0.25) is 0 Å². The van der Waals surface area contributed by atoms with Gasteiger partial charge in [0, 0.05) is 41.2 Å². The molecule has 190 valence electrons. The van der Waals surface area contributed by atoms with E-state index in [0.717, 1.165) is 39.6 Å². The fraction of sp³-hybridized carbons (Fsp3) is 0.0303. The second-order valence-electron chi connectivity index (χ2n) is 8.94. The molecule has 1 aliphatic rings. The van der Waals surface area contributed by atoms with E-state index in [0.29, 0.717) is 11.5 Å². The third-order valence-electron chi connectivity index (χ3n) is 6.75. The van der Waals surface area contributed by atoms with Crippen LogP contribution in [0.2, 0.25) is 0 Å². The van der Waals surface area contributed by atoms with Crippen molar-refractivity contribution in [2.45, 2.75) is 5.41 Å². The quantitative estimate of drug-likeness (QED) is 0.181. The van der Waals surface area contributed by atoms with Gasteiger partial charge in [0.05, 0.1) is 11.1 Å². The van der Waals surface area contributed by atoms with Gasteiger partial charge in [-0.3, -0.25) is 9.67 Å². The van der Waals surface area contributed by atoms with Gasteiger partial charge in [-0.05, 0) is 36.0 Å². The van der Waals surface area contributed by atoms with Crippen LogP contribution >= 0.6 is 0 Å². The van der Waals surface area contributed by atoms with Crippen LogP contribution < -0.4 is 9.47 Å². The van der Waals surface area contributed by atoms with Crippen LogP contribution in [0.3, 0.4) is 0 Å². The molecule has 7 rings (SSSR count). The number of benzene rings is 4. The zero-order valence-electron chi connectivity index (χ0n) is 20.6. The van der Waals surface area contributed by atoms with Crippen molar-refractivity contribution in [3.8, 4) is 28.7 Å². The minimum Gasteiger partial charge on any atom is -0.509 e. The molecule has 5 nitrogen and oxygen atoms in total. The van der Waals surface area contributed by atoms with E-state index in [1.54, 1.807) is 10.9 Å². The van der Waals surface area contributed by atoms with E-state index in [1.807, 2.05) is 97.3 Å². The fourth-order valence-electron chi connectivity index (χ4n) is 5.17. The molecule has 0 saturated heterocycles. The van der Waals surface area contributed by atoms with Gasteiger partial charge in [0.25, 0.3) is 0 Å². The first-order valence-corrected chi connectivity index (χ1v) is 12.3. The molecule has 0 radical (unpaired) electrons. The SMILES string of the molecule is [Pt+2].[c-]1c(Oc2[c-]c(C3(c4ccccn4)c4ccccc4Oc4ccccc43)ccc2)cccc1-n1cccn1. The first-order valence-electron chi connectivity index (χ1n) is 12.3. The summed E-state index contributed by atoms with van der Waals surface area (Å²) in [6.07, 6.45) is 5.44. The molecule has 0 bridgehead atoms. The maximum Gasteiger partial charge on any atom is 2.00 e. The number of ether oxygens (including phenoxy) is 2. The van der Waals surface area contributed by atoms with Gasteiger partial charge in [-0.25, -0.2) is 0 Å². The average Bonchev–Trinajstić information content (AvgIpc) is 3.52. The first kappa shape index (κ1) is 24.8. The molecule has 0 unspecified atom stereocenters. The smallest absolute Gasteiger partial charge is 0.509 e. The second-order valence-corrected chi connectivity index (χ2v) is 8.94. The molecule has 6 heteroatoms. The molecule has 1 aliphatic heterocycles. The number of nitrogens with zero attached hydrogens (tertiary/aromatic N) is 3. The van der Waals surface area contributed by atoms with Crippen molar-refractivity contribution in [3.63, 3.8) is 0 Å². The molecule has 0 amide bonds. The minimum absolute atomic E-state index is 0. The zero-order chi connectivity index (χ0) is 25.4. The Morgan fingerprint density at radius 3 is 2.05 bits per heavy atom. The number of fused-ring (bicyclic) bond motifs is 2. The Balaban J connectivity index is 0.00000277. The first-order chi connectivity index (χ1) is 18.8. The Morgan fingerprint density at radius 1 is 0.667 bits per heavy atom. The van der Waals surface area contributed by atoms with Crippen LogP contribution in [0.4, 0.5) is 0 Å². The molecule has 39 heavy (non-hydrogen) atoms. The summed E-state index contributed by atoms with van der Waals surface area (Å²) in [4.78, 5) is 4.87. The summed E-state index contributed by atoms with van der Waals surface area (Å²) >= 11 is 0. The Bertz CT molecular complexity index is 1690. The normalized spacial score (nSPS) is 12.8. The summed E-state index contributed by atoms with van der Waals surface area (Å²) in [7, 11) is 0. The van der Waals surface area contributed by atoms with E-state index in [2.05, 4.69) is 41.5 Å². The fourth-order valence-corrected chi connectivity index (χ4v) is 5.17. The van der Waals surface area contributed by atoms with Crippen molar-refractivity contribution in [3.05, 3.63) is 162 Å². The molecule has 0 fully saturated rings. The maximum atomic E-state index is 6.36. The Morgan fingerprint density at radius 2 is 1.36 bits per heavy atom. The summed E-state index contributed by atoms with van der Waals surface area (Å²) < 4.78 is 14.4. The van der Waals surface area contributed by atoms with E-state index in [4.69, 9.17) is 14.5 Å². The van der Waals surface area contributed by atoms with Gasteiger partial charge in [-0.2, -0.15) is 23.3 Å². The summed E-state index contributed by atoms with van der Waals surface area (Å²) in [5, 5.41) is 4.30. The van der Waals surface area contributed by atoms with Crippen LogP contribution in [0.25, 0.3) is 5.69 Å². The van der Waals surface area contributed by atoms with Crippen molar-refractivity contribution in [2.75, 3.05) is 0 Å². The maximum absolute atomic E-state index is 6.36. The van der Waals surface area contributed by atoms with Crippen LogP contribution in [-0.4, -0.2) is 14.8 Å². The van der Waals surface area contributed by atoms with Crippen LogP contribution in [0, 0.1) is 12.1 Å². The largest absolute Gasteiger partial charge is 2.00 e. The molecule has 0 N–H and O–H groups in total. The number of hydrogen-bond acceptors (Lipinski definition) is 4. The number of rotatable bonds is 5. The topological polar surface area (TPSA) is 49.2 Å². The molecule has 2 aromatic heterocycles. The van der Waals surface area contributed by atoms with Crippen molar-refractivity contribution in [1.82, 2.24) is 14.8 Å². The molecule has 4 aromatic carbocycles. The summed E-state index contributed by atoms with van der Waals surface area (Å²) in [5.74, 6) is 2.73. The third kappa shape index (κ3) is 4.25. The van der Waals surface area contributed by atoms with Crippen LogP contribution in [0.5, 0.6) is 23.0 Å². The molecule has 0 saturated carbocycles. The van der Waals surface area contributed by atoms with E-state index in [-0.39, 0.29) is 21.1 Å². The summed E-state index contributed by atoms with van der Waals surface area (Å²) in [5.41, 5.74) is 3.81. The zero-order valence-corrected chi connectivity index (χ0v) is 22.9. The van der Waals surface area contributed by atoms with Gasteiger partial charge < -0.3 is 9.47 Å². The molecular formula is C33H21N3O2Pt. The summed E-state index contributed by atoms with van der Waals surface area (Å²) in [6, 6.07) is 42.7. The van der Waals surface area contributed by atoms with Crippen molar-refractivity contribution in [1.29, 1.82) is 0 Å². The number of para-hydroxylation sites is 2. The number of aromatic nitrogens is 3. The number of hydrogen-bond donors (Lipinski definition) is 0. The summed E-state index contributed by atoms with van der Waals surface area (Å²) in [6.45, 7) is 0. The predicted molar refractivity (Wildman–Crippen MR) is 144 cm³/mol. The van der Waals surface area contributed by atoms with E-state index in [9.17, 15) is 0 Å². The van der Waals surface area contributed by atoms with Gasteiger partial charge >= 0.3 is 21.1 Å². The van der Waals surface area contributed by atoms with Gasteiger partial charge in [0.15, 0.2) is 0 Å². The minimum atomic E-state index is -0.757.